The fourth-order valence-corrected chi connectivity index (χ4v) is 4.19. The molecule has 2 amide bonds. The van der Waals surface area contributed by atoms with Crippen molar-refractivity contribution in [3.8, 4) is 0 Å². The van der Waals surface area contributed by atoms with Crippen LogP contribution in [0.25, 0.3) is 0 Å². The van der Waals surface area contributed by atoms with Gasteiger partial charge < -0.3 is 20.7 Å². The topological polar surface area (TPSA) is 96.5 Å². The van der Waals surface area contributed by atoms with Crippen LogP contribution in [0.15, 0.2) is 24.3 Å². The van der Waals surface area contributed by atoms with Crippen LogP contribution in [0, 0.1) is 5.41 Å². The van der Waals surface area contributed by atoms with Crippen LogP contribution in [0.2, 0.25) is 0 Å². The highest BCUT2D eigenvalue weighted by atomic mass is 16.5. The summed E-state index contributed by atoms with van der Waals surface area (Å²) in [5.41, 5.74) is 1.46. The number of hydrogen-bond donors (Lipinski definition) is 3. The number of ether oxygens (including phenoxy) is 1. The maximum Gasteiger partial charge on any atom is 0.251 e. The quantitative estimate of drug-likeness (QED) is 0.621. The Labute approximate surface area is 172 Å². The molecule has 29 heavy (non-hydrogen) atoms. The maximum absolute atomic E-state index is 12.9. The number of rotatable bonds is 8. The first-order valence-electron chi connectivity index (χ1n) is 10.5. The zero-order valence-corrected chi connectivity index (χ0v) is 17.3. The van der Waals surface area contributed by atoms with E-state index in [0.717, 1.165) is 37.9 Å². The van der Waals surface area contributed by atoms with E-state index < -0.39 is 12.1 Å². The van der Waals surface area contributed by atoms with E-state index in [9.17, 15) is 14.4 Å². The van der Waals surface area contributed by atoms with Gasteiger partial charge in [0.1, 0.15) is 18.7 Å². The molecule has 1 saturated carbocycles. The second-order valence-electron chi connectivity index (χ2n) is 8.40. The minimum Gasteiger partial charge on any atom is -0.385 e. The monoisotopic (exact) mass is 401 g/mol. The molecule has 1 saturated heterocycles. The van der Waals surface area contributed by atoms with Crippen molar-refractivity contribution in [1.82, 2.24) is 10.6 Å². The molecule has 2 aliphatic rings. The van der Waals surface area contributed by atoms with E-state index in [1.807, 2.05) is 19.1 Å². The molecule has 1 heterocycles. The predicted octanol–water partition coefficient (Wildman–Crippen LogP) is 2.27. The van der Waals surface area contributed by atoms with Crippen molar-refractivity contribution in [1.29, 1.82) is 0 Å². The second-order valence-corrected chi connectivity index (χ2v) is 8.40. The first-order valence-corrected chi connectivity index (χ1v) is 10.5. The largest absolute Gasteiger partial charge is 0.385 e. The molecule has 0 spiro atoms. The first kappa shape index (κ1) is 21.3. The Bertz CT molecular complexity index is 741. The summed E-state index contributed by atoms with van der Waals surface area (Å²) in [6, 6.07) is 5.87. The summed E-state index contributed by atoms with van der Waals surface area (Å²) in [7, 11) is 0. The first-order chi connectivity index (χ1) is 13.9. The number of ketones is 1. The van der Waals surface area contributed by atoms with Crippen molar-refractivity contribution in [2.45, 2.75) is 58.0 Å². The van der Waals surface area contributed by atoms with Gasteiger partial charge in [0.2, 0.25) is 5.91 Å². The highest BCUT2D eigenvalue weighted by Crippen LogP contribution is 2.41. The standard InChI is InChI=1S/C22H31N3O4/c1-3-23-16-8-6-15(7-9-16)20(27)24-17(12-22(2)10-4-5-11-22)21(28)25-18-13-29-14-19(18)26/h6-9,17-18,23H,3-5,10-14H2,1-2H3,(H,24,27)(H,25,28)/t17?,18-/m0/s1. The van der Waals surface area contributed by atoms with Gasteiger partial charge in [0.05, 0.1) is 6.61 Å². The van der Waals surface area contributed by atoms with Gasteiger partial charge in [-0.1, -0.05) is 19.8 Å². The summed E-state index contributed by atoms with van der Waals surface area (Å²) in [5, 5.41) is 8.86. The van der Waals surface area contributed by atoms with Gasteiger partial charge in [-0.25, -0.2) is 0 Å². The summed E-state index contributed by atoms with van der Waals surface area (Å²) < 4.78 is 5.13. The van der Waals surface area contributed by atoms with Crippen LogP contribution in [0.1, 0.15) is 56.3 Å². The molecule has 0 aromatic heterocycles. The third kappa shape index (κ3) is 5.56. The smallest absolute Gasteiger partial charge is 0.251 e. The predicted molar refractivity (Wildman–Crippen MR) is 111 cm³/mol. The Hall–Kier alpha value is -2.41. The van der Waals surface area contributed by atoms with E-state index in [-0.39, 0.29) is 36.2 Å². The van der Waals surface area contributed by atoms with Gasteiger partial charge in [-0.2, -0.15) is 0 Å². The molecule has 3 rings (SSSR count). The van der Waals surface area contributed by atoms with Crippen LogP contribution in [0.5, 0.6) is 0 Å². The number of amides is 2. The van der Waals surface area contributed by atoms with Crippen molar-refractivity contribution in [2.75, 3.05) is 25.1 Å². The van der Waals surface area contributed by atoms with Gasteiger partial charge in [0.15, 0.2) is 5.78 Å². The molecule has 1 aromatic rings. The Balaban J connectivity index is 1.70. The van der Waals surface area contributed by atoms with Crippen molar-refractivity contribution in [3.05, 3.63) is 29.8 Å². The Morgan fingerprint density at radius 3 is 2.48 bits per heavy atom. The molecule has 158 valence electrons. The number of anilines is 1. The summed E-state index contributed by atoms with van der Waals surface area (Å²) in [6.07, 6.45) is 4.91. The number of nitrogens with one attached hydrogen (secondary N) is 3. The lowest BCUT2D eigenvalue weighted by Gasteiger charge is -2.29. The van der Waals surface area contributed by atoms with E-state index in [2.05, 4.69) is 22.9 Å². The molecule has 7 nitrogen and oxygen atoms in total. The Kier molecular flexibility index (Phi) is 6.90. The highest BCUT2D eigenvalue weighted by Gasteiger charge is 2.37. The summed E-state index contributed by atoms with van der Waals surface area (Å²) >= 11 is 0. The van der Waals surface area contributed by atoms with E-state index in [4.69, 9.17) is 4.74 Å². The van der Waals surface area contributed by atoms with E-state index in [0.29, 0.717) is 12.0 Å². The molecule has 2 fully saturated rings. The molecular weight excluding hydrogens is 370 g/mol. The number of benzene rings is 1. The lowest BCUT2D eigenvalue weighted by atomic mass is 9.81. The van der Waals surface area contributed by atoms with Gasteiger partial charge >= 0.3 is 0 Å². The highest BCUT2D eigenvalue weighted by molar-refractivity contribution is 5.99. The summed E-state index contributed by atoms with van der Waals surface area (Å²) in [5.74, 6) is -0.738. The summed E-state index contributed by atoms with van der Waals surface area (Å²) in [6.45, 7) is 5.19. The molecule has 1 aromatic carbocycles. The third-order valence-corrected chi connectivity index (χ3v) is 5.89. The van der Waals surface area contributed by atoms with Crippen molar-refractivity contribution in [2.24, 2.45) is 5.41 Å². The molecule has 2 atom stereocenters. The summed E-state index contributed by atoms with van der Waals surface area (Å²) in [4.78, 5) is 37.6. The average Bonchev–Trinajstić information content (AvgIpc) is 3.30. The molecule has 0 bridgehead atoms. The van der Waals surface area contributed by atoms with Crippen LogP contribution >= 0.6 is 0 Å². The van der Waals surface area contributed by atoms with Crippen molar-refractivity contribution < 1.29 is 19.1 Å². The van der Waals surface area contributed by atoms with Crippen molar-refractivity contribution >= 4 is 23.3 Å². The zero-order valence-electron chi connectivity index (χ0n) is 17.3. The van der Waals surface area contributed by atoms with Gasteiger partial charge in [-0.15, -0.1) is 0 Å². The van der Waals surface area contributed by atoms with Crippen LogP contribution in [0.3, 0.4) is 0 Å². The average molecular weight is 402 g/mol. The van der Waals surface area contributed by atoms with E-state index >= 15 is 0 Å². The lowest BCUT2D eigenvalue weighted by molar-refractivity contribution is -0.127. The minimum absolute atomic E-state index is 0.0143. The number of Topliss-reactive ketones (excluding diaryl/α,β-unsaturated/α-hetero) is 1. The van der Waals surface area contributed by atoms with Crippen LogP contribution in [-0.2, 0) is 14.3 Å². The van der Waals surface area contributed by atoms with Gasteiger partial charge in [0.25, 0.3) is 5.91 Å². The molecule has 1 aliphatic carbocycles. The van der Waals surface area contributed by atoms with Crippen LogP contribution < -0.4 is 16.0 Å². The van der Waals surface area contributed by atoms with Gasteiger partial charge in [0, 0.05) is 17.8 Å². The van der Waals surface area contributed by atoms with E-state index in [1.165, 1.54) is 0 Å². The molecule has 7 heteroatoms. The lowest BCUT2D eigenvalue weighted by Crippen LogP contribution is -2.52. The van der Waals surface area contributed by atoms with E-state index in [1.54, 1.807) is 12.1 Å². The van der Waals surface area contributed by atoms with Crippen LogP contribution in [0.4, 0.5) is 5.69 Å². The molecule has 1 aliphatic heterocycles. The minimum atomic E-state index is -0.688. The maximum atomic E-state index is 12.9. The van der Waals surface area contributed by atoms with Gasteiger partial charge in [-0.05, 0) is 55.9 Å². The molecule has 0 radical (unpaired) electrons. The van der Waals surface area contributed by atoms with Gasteiger partial charge in [-0.3, -0.25) is 14.4 Å². The second kappa shape index (κ2) is 9.39. The molecule has 1 unspecified atom stereocenters. The number of carbonyl (C=O) groups is 3. The Morgan fingerprint density at radius 1 is 1.21 bits per heavy atom. The normalized spacial score (nSPS) is 21.6. The zero-order chi connectivity index (χ0) is 20.9. The number of hydrogen-bond acceptors (Lipinski definition) is 5. The SMILES string of the molecule is CCNc1ccc(C(=O)NC(CC2(C)CCCC2)C(=O)N[C@H]2COCC2=O)cc1. The van der Waals surface area contributed by atoms with Crippen LogP contribution in [-0.4, -0.2) is 49.4 Å². The third-order valence-electron chi connectivity index (χ3n) is 5.89. The number of carbonyl (C=O) groups excluding carboxylic acids is 3. The fraction of sp³-hybridized carbons (Fsp3) is 0.591. The Morgan fingerprint density at radius 2 is 1.90 bits per heavy atom. The van der Waals surface area contributed by atoms with Crippen molar-refractivity contribution in [3.63, 3.8) is 0 Å². The molecular formula is C22H31N3O4. The molecule has 3 N–H and O–H groups in total. The fourth-order valence-electron chi connectivity index (χ4n) is 4.19.